The summed E-state index contributed by atoms with van der Waals surface area (Å²) in [6.07, 6.45) is 2.42. The van der Waals surface area contributed by atoms with Crippen molar-refractivity contribution in [3.8, 4) is 0 Å². The van der Waals surface area contributed by atoms with Gasteiger partial charge in [-0.15, -0.1) is 0 Å². The largest absolute Gasteiger partial charge is 0.464 e. The number of hydrogen-bond donors (Lipinski definition) is 0. The van der Waals surface area contributed by atoms with Crippen molar-refractivity contribution in [3.05, 3.63) is 35.9 Å². The molecule has 0 spiro atoms. The molecule has 5 rings (SSSR count). The maximum Gasteiger partial charge on any atom is 0.464 e. The lowest BCUT2D eigenvalue weighted by Gasteiger charge is -2.76. The van der Waals surface area contributed by atoms with Gasteiger partial charge in [0.25, 0.3) is 0 Å². The zero-order chi connectivity index (χ0) is 15.1. The van der Waals surface area contributed by atoms with Gasteiger partial charge in [-0.1, -0.05) is 37.3 Å². The molecular weight excluding hydrogens is 259 g/mol. The lowest BCUT2D eigenvalue weighted by Crippen LogP contribution is -2.72. The fourth-order valence-electron chi connectivity index (χ4n) is 4.70. The van der Waals surface area contributed by atoms with Crippen LogP contribution in [-0.4, -0.2) is 18.3 Å². The first-order valence-corrected chi connectivity index (χ1v) is 8.15. The summed E-state index contributed by atoms with van der Waals surface area (Å²) >= 11 is 0. The minimum atomic E-state index is -0.216. The van der Waals surface area contributed by atoms with Crippen molar-refractivity contribution in [1.82, 2.24) is 0 Å². The van der Waals surface area contributed by atoms with E-state index in [0.29, 0.717) is 11.3 Å². The molecule has 1 heterocycles. The van der Waals surface area contributed by atoms with Crippen LogP contribution in [0.2, 0.25) is 5.31 Å². The van der Waals surface area contributed by atoms with E-state index < -0.39 is 0 Å². The monoisotopic (exact) mass is 284 g/mol. The third-order valence-electron chi connectivity index (χ3n) is 7.05. The molecule has 1 aromatic rings. The molecule has 0 amide bonds. The van der Waals surface area contributed by atoms with Gasteiger partial charge in [0.05, 0.1) is 11.2 Å². The molecule has 1 aliphatic heterocycles. The van der Waals surface area contributed by atoms with Crippen LogP contribution in [0.4, 0.5) is 0 Å². The van der Waals surface area contributed by atoms with Gasteiger partial charge in [-0.3, -0.25) is 0 Å². The molecule has 0 N–H and O–H groups in total. The Hall–Kier alpha value is -0.795. The highest BCUT2D eigenvalue weighted by Crippen LogP contribution is 2.84. The highest BCUT2D eigenvalue weighted by Gasteiger charge is 2.81. The summed E-state index contributed by atoms with van der Waals surface area (Å²) in [7, 11) is -0.0388. The molecule has 0 aromatic heterocycles. The number of hydrogen-bond acceptors (Lipinski definition) is 2. The maximum absolute atomic E-state index is 6.34. The molecule has 1 aromatic carbocycles. The van der Waals surface area contributed by atoms with Crippen LogP contribution in [0.1, 0.15) is 53.0 Å². The Balaban J connectivity index is 1.57. The van der Waals surface area contributed by atoms with Gasteiger partial charge in [-0.05, 0) is 57.4 Å². The normalized spacial score (nSPS) is 42.3. The van der Waals surface area contributed by atoms with Crippen LogP contribution in [-0.2, 0) is 14.7 Å². The van der Waals surface area contributed by atoms with Crippen molar-refractivity contribution in [2.45, 2.75) is 69.4 Å². The Morgan fingerprint density at radius 2 is 1.48 bits per heavy atom. The van der Waals surface area contributed by atoms with E-state index in [9.17, 15) is 0 Å². The Labute approximate surface area is 128 Å². The van der Waals surface area contributed by atoms with Gasteiger partial charge in [0, 0.05) is 5.31 Å². The van der Waals surface area contributed by atoms with Crippen molar-refractivity contribution in [2.75, 3.05) is 0 Å². The average Bonchev–Trinajstić information content (AvgIpc) is 2.58. The van der Waals surface area contributed by atoms with Gasteiger partial charge in [0.2, 0.25) is 0 Å². The van der Waals surface area contributed by atoms with E-state index in [-0.39, 0.29) is 23.6 Å². The first-order valence-electron chi connectivity index (χ1n) is 8.15. The zero-order valence-electron chi connectivity index (χ0n) is 13.8. The summed E-state index contributed by atoms with van der Waals surface area (Å²) in [5.74, 6) is 0.641. The minimum absolute atomic E-state index is 0.0388. The van der Waals surface area contributed by atoms with E-state index in [1.165, 1.54) is 18.4 Å². The van der Waals surface area contributed by atoms with Crippen molar-refractivity contribution in [1.29, 1.82) is 0 Å². The van der Waals surface area contributed by atoms with Crippen LogP contribution < -0.4 is 0 Å². The zero-order valence-corrected chi connectivity index (χ0v) is 13.8. The van der Waals surface area contributed by atoms with Crippen molar-refractivity contribution in [3.63, 3.8) is 0 Å². The standard InChI is InChI=1S/C18H25BO2/c1-13-17(14-9-7-6-8-10-14)11-18(13,12-17)19-20-15(2,3)16(4,5)21-19/h6-10,13H,11-12H2,1-5H3. The summed E-state index contributed by atoms with van der Waals surface area (Å²) in [6, 6.07) is 11.0. The molecule has 3 heteroatoms. The Kier molecular flexibility index (Phi) is 2.47. The fraction of sp³-hybridized carbons (Fsp3) is 0.667. The van der Waals surface area contributed by atoms with Crippen LogP contribution in [0.5, 0.6) is 0 Å². The first kappa shape index (κ1) is 13.8. The molecule has 4 aliphatic rings. The summed E-state index contributed by atoms with van der Waals surface area (Å²) < 4.78 is 12.7. The second kappa shape index (κ2) is 3.75. The molecule has 1 unspecified atom stereocenters. The van der Waals surface area contributed by atoms with Crippen LogP contribution in [0, 0.1) is 5.92 Å². The first-order chi connectivity index (χ1) is 9.74. The van der Waals surface area contributed by atoms with Gasteiger partial charge < -0.3 is 9.31 Å². The molecule has 1 atom stereocenters. The topological polar surface area (TPSA) is 18.5 Å². The van der Waals surface area contributed by atoms with E-state index in [4.69, 9.17) is 9.31 Å². The molecule has 1 saturated heterocycles. The molecule has 2 bridgehead atoms. The highest BCUT2D eigenvalue weighted by atomic mass is 16.7. The van der Waals surface area contributed by atoms with E-state index in [1.54, 1.807) is 0 Å². The van der Waals surface area contributed by atoms with E-state index in [0.717, 1.165) is 0 Å². The average molecular weight is 284 g/mol. The lowest BCUT2D eigenvalue weighted by molar-refractivity contribution is -0.113. The van der Waals surface area contributed by atoms with Gasteiger partial charge in [-0.2, -0.15) is 0 Å². The molecule has 112 valence electrons. The molecule has 0 radical (unpaired) electrons. The minimum Gasteiger partial charge on any atom is -0.403 e. The summed E-state index contributed by atoms with van der Waals surface area (Å²) in [5, 5.41) is 0.237. The Morgan fingerprint density at radius 3 is 1.95 bits per heavy atom. The van der Waals surface area contributed by atoms with Crippen LogP contribution in [0.3, 0.4) is 0 Å². The van der Waals surface area contributed by atoms with E-state index >= 15 is 0 Å². The highest BCUT2D eigenvalue weighted by molar-refractivity contribution is 6.51. The van der Waals surface area contributed by atoms with E-state index in [1.807, 2.05) is 0 Å². The summed E-state index contributed by atoms with van der Waals surface area (Å²) in [5.41, 5.74) is 1.44. The summed E-state index contributed by atoms with van der Waals surface area (Å²) in [4.78, 5) is 0. The molecule has 4 fully saturated rings. The van der Waals surface area contributed by atoms with Crippen LogP contribution >= 0.6 is 0 Å². The molecular formula is C18H25BO2. The third kappa shape index (κ3) is 1.47. The fourth-order valence-corrected chi connectivity index (χ4v) is 4.70. The van der Waals surface area contributed by atoms with Gasteiger partial charge in [0.15, 0.2) is 0 Å². The number of rotatable bonds is 2. The quantitative estimate of drug-likeness (QED) is 0.758. The second-order valence-electron chi connectivity index (χ2n) is 8.42. The maximum atomic E-state index is 6.34. The summed E-state index contributed by atoms with van der Waals surface area (Å²) in [6.45, 7) is 11.0. The molecule has 3 saturated carbocycles. The number of benzene rings is 1. The second-order valence-corrected chi connectivity index (χ2v) is 8.42. The van der Waals surface area contributed by atoms with Crippen LogP contribution in [0.15, 0.2) is 30.3 Å². The molecule has 3 aliphatic carbocycles. The van der Waals surface area contributed by atoms with Crippen molar-refractivity contribution < 1.29 is 9.31 Å². The smallest absolute Gasteiger partial charge is 0.403 e. The SMILES string of the molecule is CC1C2(B3OC(C)(C)C(C)(C)O3)CC1(c1ccccc1)C2. The Bertz CT molecular complexity index is 556. The Morgan fingerprint density at radius 1 is 0.952 bits per heavy atom. The van der Waals surface area contributed by atoms with Crippen LogP contribution in [0.25, 0.3) is 0 Å². The lowest BCUT2D eigenvalue weighted by atomic mass is 9.18. The molecule has 2 nitrogen and oxygen atoms in total. The van der Waals surface area contributed by atoms with Gasteiger partial charge in [-0.25, -0.2) is 0 Å². The third-order valence-corrected chi connectivity index (χ3v) is 7.05. The predicted molar refractivity (Wildman–Crippen MR) is 85.3 cm³/mol. The van der Waals surface area contributed by atoms with Gasteiger partial charge in [0.1, 0.15) is 0 Å². The predicted octanol–water partition coefficient (Wildman–Crippen LogP) is 4.20. The van der Waals surface area contributed by atoms with Crippen molar-refractivity contribution >= 4 is 7.12 Å². The van der Waals surface area contributed by atoms with Gasteiger partial charge >= 0.3 is 7.12 Å². The molecule has 21 heavy (non-hydrogen) atoms. The van der Waals surface area contributed by atoms with Crippen molar-refractivity contribution in [2.24, 2.45) is 5.92 Å². The van der Waals surface area contributed by atoms with E-state index in [2.05, 4.69) is 65.0 Å².